The van der Waals surface area contributed by atoms with Crippen LogP contribution in [-0.4, -0.2) is 39.5 Å². The van der Waals surface area contributed by atoms with Crippen molar-refractivity contribution in [1.29, 1.82) is 0 Å². The van der Waals surface area contributed by atoms with Crippen LogP contribution in [0.1, 0.15) is 36.7 Å². The molecule has 0 aliphatic heterocycles. The van der Waals surface area contributed by atoms with E-state index in [9.17, 15) is 14.4 Å². The molecule has 0 unspecified atom stereocenters. The van der Waals surface area contributed by atoms with E-state index in [1.807, 2.05) is 30.3 Å². The van der Waals surface area contributed by atoms with Gasteiger partial charge in [0.15, 0.2) is 6.29 Å². The maximum absolute atomic E-state index is 12.8. The van der Waals surface area contributed by atoms with Gasteiger partial charge in [-0.05, 0) is 32.4 Å². The SMILES string of the molecule is C=CCN(C(=O)OC(C)(C)C)c1nc(OCc2ccccc2)c2cc(C=O)c(=O)[nH]c2n1. The van der Waals surface area contributed by atoms with Gasteiger partial charge >= 0.3 is 6.09 Å². The van der Waals surface area contributed by atoms with Gasteiger partial charge in [0.2, 0.25) is 11.8 Å². The molecule has 0 saturated heterocycles. The summed E-state index contributed by atoms with van der Waals surface area (Å²) in [5, 5.41) is 0.328. The van der Waals surface area contributed by atoms with Gasteiger partial charge in [-0.3, -0.25) is 9.59 Å². The number of pyridine rings is 1. The molecule has 166 valence electrons. The van der Waals surface area contributed by atoms with Crippen molar-refractivity contribution >= 4 is 29.4 Å². The van der Waals surface area contributed by atoms with Gasteiger partial charge in [-0.2, -0.15) is 9.97 Å². The Hall–Kier alpha value is -4.01. The summed E-state index contributed by atoms with van der Waals surface area (Å²) in [6, 6.07) is 10.8. The second-order valence-corrected chi connectivity index (χ2v) is 7.92. The number of hydrogen-bond donors (Lipinski definition) is 1. The summed E-state index contributed by atoms with van der Waals surface area (Å²) in [4.78, 5) is 48.6. The van der Waals surface area contributed by atoms with Gasteiger partial charge in [0.05, 0.1) is 17.5 Å². The molecule has 32 heavy (non-hydrogen) atoms. The molecule has 2 aromatic heterocycles. The molecular weight excluding hydrogens is 412 g/mol. The van der Waals surface area contributed by atoms with Crippen LogP contribution < -0.4 is 15.2 Å². The van der Waals surface area contributed by atoms with Crippen molar-refractivity contribution < 1.29 is 19.1 Å². The Bertz CT molecular complexity index is 1200. The second-order valence-electron chi connectivity index (χ2n) is 7.92. The van der Waals surface area contributed by atoms with Crippen molar-refractivity contribution in [1.82, 2.24) is 15.0 Å². The summed E-state index contributed by atoms with van der Waals surface area (Å²) in [5.74, 6) is 0.0649. The Morgan fingerprint density at radius 1 is 1.22 bits per heavy atom. The van der Waals surface area contributed by atoms with E-state index in [4.69, 9.17) is 9.47 Å². The maximum Gasteiger partial charge on any atom is 0.417 e. The number of H-pyrrole nitrogens is 1. The molecule has 3 aromatic rings. The number of ether oxygens (including phenoxy) is 2. The average Bonchev–Trinajstić information content (AvgIpc) is 2.74. The van der Waals surface area contributed by atoms with Crippen molar-refractivity contribution in [2.45, 2.75) is 33.0 Å². The Morgan fingerprint density at radius 3 is 2.56 bits per heavy atom. The van der Waals surface area contributed by atoms with Crippen molar-refractivity contribution in [2.75, 3.05) is 11.4 Å². The van der Waals surface area contributed by atoms with Crippen LogP contribution in [0.4, 0.5) is 10.7 Å². The topological polar surface area (TPSA) is 114 Å². The smallest absolute Gasteiger partial charge is 0.417 e. The number of amides is 1. The third-order valence-corrected chi connectivity index (χ3v) is 4.21. The van der Waals surface area contributed by atoms with E-state index in [-0.39, 0.29) is 36.2 Å². The number of rotatable bonds is 7. The molecule has 1 N–H and O–H groups in total. The van der Waals surface area contributed by atoms with Gasteiger partial charge in [0.1, 0.15) is 17.9 Å². The highest BCUT2D eigenvalue weighted by Crippen LogP contribution is 2.26. The molecule has 9 nitrogen and oxygen atoms in total. The van der Waals surface area contributed by atoms with Crippen LogP contribution in [0.2, 0.25) is 0 Å². The molecule has 0 aliphatic carbocycles. The minimum Gasteiger partial charge on any atom is -0.472 e. The number of hydrogen-bond acceptors (Lipinski definition) is 7. The third-order valence-electron chi connectivity index (χ3n) is 4.21. The number of anilines is 1. The number of aldehydes is 1. The minimum absolute atomic E-state index is 0.0378. The third kappa shape index (κ3) is 5.37. The number of nitrogens with one attached hydrogen (secondary N) is 1. The molecule has 0 aliphatic rings. The number of benzene rings is 1. The summed E-state index contributed by atoms with van der Waals surface area (Å²) in [5.41, 5.74) is -0.443. The molecule has 2 heterocycles. The van der Waals surface area contributed by atoms with Crippen molar-refractivity contribution in [3.8, 4) is 5.88 Å². The quantitative estimate of drug-likeness (QED) is 0.444. The number of aromatic amines is 1. The van der Waals surface area contributed by atoms with Gasteiger partial charge in [0.25, 0.3) is 5.56 Å². The zero-order valence-electron chi connectivity index (χ0n) is 18.1. The summed E-state index contributed by atoms with van der Waals surface area (Å²) >= 11 is 0. The first-order valence-corrected chi connectivity index (χ1v) is 9.90. The van der Waals surface area contributed by atoms with Crippen molar-refractivity contribution in [3.63, 3.8) is 0 Å². The Labute approximate surface area is 184 Å². The number of carbonyl (C=O) groups excluding carboxylic acids is 2. The first kappa shape index (κ1) is 22.7. The lowest BCUT2D eigenvalue weighted by atomic mass is 10.2. The van der Waals surface area contributed by atoms with E-state index in [0.717, 1.165) is 5.56 Å². The van der Waals surface area contributed by atoms with Crippen LogP contribution in [0.25, 0.3) is 11.0 Å². The molecule has 0 spiro atoms. The highest BCUT2D eigenvalue weighted by Gasteiger charge is 2.26. The Kier molecular flexibility index (Phi) is 6.67. The average molecular weight is 436 g/mol. The molecule has 1 amide bonds. The molecular formula is C23H24N4O5. The van der Waals surface area contributed by atoms with Crippen LogP contribution in [0.3, 0.4) is 0 Å². The fourth-order valence-corrected chi connectivity index (χ4v) is 2.79. The lowest BCUT2D eigenvalue weighted by molar-refractivity contribution is 0.0582. The molecule has 0 fully saturated rings. The number of aromatic nitrogens is 3. The van der Waals surface area contributed by atoms with E-state index in [0.29, 0.717) is 11.7 Å². The summed E-state index contributed by atoms with van der Waals surface area (Å²) in [7, 11) is 0. The fourth-order valence-electron chi connectivity index (χ4n) is 2.79. The van der Waals surface area contributed by atoms with Crippen LogP contribution in [-0.2, 0) is 11.3 Å². The number of carbonyl (C=O) groups is 2. The van der Waals surface area contributed by atoms with E-state index in [1.165, 1.54) is 17.0 Å². The highest BCUT2D eigenvalue weighted by atomic mass is 16.6. The zero-order chi connectivity index (χ0) is 23.3. The van der Waals surface area contributed by atoms with Crippen molar-refractivity contribution in [3.05, 3.63) is 70.5 Å². The first-order valence-electron chi connectivity index (χ1n) is 9.90. The molecule has 0 atom stereocenters. The number of nitrogens with zero attached hydrogens (tertiary/aromatic N) is 3. The van der Waals surface area contributed by atoms with E-state index < -0.39 is 17.3 Å². The van der Waals surface area contributed by atoms with Gasteiger partial charge in [-0.1, -0.05) is 36.4 Å². The van der Waals surface area contributed by atoms with Crippen LogP contribution in [0.5, 0.6) is 5.88 Å². The van der Waals surface area contributed by atoms with Gasteiger partial charge in [-0.15, -0.1) is 6.58 Å². The zero-order valence-corrected chi connectivity index (χ0v) is 18.1. The molecule has 0 bridgehead atoms. The maximum atomic E-state index is 12.8. The van der Waals surface area contributed by atoms with Crippen LogP contribution in [0.15, 0.2) is 53.8 Å². The van der Waals surface area contributed by atoms with Gasteiger partial charge in [0, 0.05) is 0 Å². The monoisotopic (exact) mass is 436 g/mol. The van der Waals surface area contributed by atoms with E-state index >= 15 is 0 Å². The predicted molar refractivity (Wildman–Crippen MR) is 120 cm³/mol. The molecule has 0 saturated carbocycles. The molecule has 3 rings (SSSR count). The first-order chi connectivity index (χ1) is 15.2. The predicted octanol–water partition coefficient (Wildman–Crippen LogP) is 3.64. The summed E-state index contributed by atoms with van der Waals surface area (Å²) in [6.45, 7) is 9.13. The molecule has 1 aromatic carbocycles. The summed E-state index contributed by atoms with van der Waals surface area (Å²) < 4.78 is 11.3. The molecule has 9 heteroatoms. The summed E-state index contributed by atoms with van der Waals surface area (Å²) in [6.07, 6.45) is 1.26. The molecule has 0 radical (unpaired) electrons. The standard InChI is InChI=1S/C23H24N4O5/c1-5-11-27(22(30)32-23(2,3)4)21-25-18-17(12-16(13-28)19(29)24-18)20(26-21)31-14-15-9-7-6-8-10-15/h5-10,12-13H,1,11,14H2,2-4H3,(H,24,25,26,29). The van der Waals surface area contributed by atoms with E-state index in [2.05, 4.69) is 21.5 Å². The van der Waals surface area contributed by atoms with Crippen LogP contribution in [0, 0.1) is 0 Å². The normalized spacial score (nSPS) is 11.1. The largest absolute Gasteiger partial charge is 0.472 e. The second kappa shape index (κ2) is 9.42. The fraction of sp³-hybridized carbons (Fsp3) is 0.261. The van der Waals surface area contributed by atoms with E-state index in [1.54, 1.807) is 20.8 Å². The Morgan fingerprint density at radius 2 is 1.94 bits per heavy atom. The van der Waals surface area contributed by atoms with Gasteiger partial charge in [-0.25, -0.2) is 9.69 Å². The lowest BCUT2D eigenvalue weighted by Crippen LogP contribution is -2.38. The van der Waals surface area contributed by atoms with Crippen LogP contribution >= 0.6 is 0 Å². The number of fused-ring (bicyclic) bond motifs is 1. The minimum atomic E-state index is -0.743. The highest BCUT2D eigenvalue weighted by molar-refractivity contribution is 5.90. The lowest BCUT2D eigenvalue weighted by Gasteiger charge is -2.25. The Balaban J connectivity index is 2.11. The van der Waals surface area contributed by atoms with Gasteiger partial charge < -0.3 is 14.5 Å². The van der Waals surface area contributed by atoms with Crippen molar-refractivity contribution in [2.24, 2.45) is 0 Å².